The molecule has 2 aromatic rings. The molecule has 0 heterocycles. The number of hydrogen-bond donors (Lipinski definition) is 2. The van der Waals surface area contributed by atoms with Gasteiger partial charge in [-0.25, -0.2) is 5.43 Å². The van der Waals surface area contributed by atoms with E-state index in [1.54, 1.807) is 19.1 Å². The third-order valence-electron chi connectivity index (χ3n) is 3.54. The number of hydrogen-bond acceptors (Lipinski definition) is 6. The molecule has 0 spiro atoms. The number of phenols is 1. The van der Waals surface area contributed by atoms with Gasteiger partial charge in [0.05, 0.1) is 27.0 Å². The highest BCUT2D eigenvalue weighted by Crippen LogP contribution is 2.38. The number of hydrazone groups is 1. The van der Waals surface area contributed by atoms with Crippen LogP contribution in [0.3, 0.4) is 0 Å². The lowest BCUT2D eigenvalue weighted by molar-refractivity contribution is 0.0955. The quantitative estimate of drug-likeness (QED) is 0.621. The van der Waals surface area contributed by atoms with Crippen molar-refractivity contribution in [2.24, 2.45) is 5.10 Å². The SMILES string of the molecule is COc1cc(/C(C)=N/NC(=O)c2ccc(O)cc2)cc(OC)c1OC. The Hall–Kier alpha value is -3.22. The number of nitrogens with one attached hydrogen (secondary N) is 1. The molecule has 7 heteroatoms. The molecule has 0 aliphatic rings. The first kappa shape index (κ1) is 18.1. The van der Waals surface area contributed by atoms with Crippen molar-refractivity contribution < 1.29 is 24.1 Å². The molecule has 25 heavy (non-hydrogen) atoms. The minimum atomic E-state index is -0.383. The van der Waals surface area contributed by atoms with Gasteiger partial charge in [-0.15, -0.1) is 0 Å². The van der Waals surface area contributed by atoms with E-state index in [1.165, 1.54) is 45.6 Å². The van der Waals surface area contributed by atoms with Gasteiger partial charge < -0.3 is 19.3 Å². The van der Waals surface area contributed by atoms with E-state index >= 15 is 0 Å². The molecule has 7 nitrogen and oxygen atoms in total. The molecular weight excluding hydrogens is 324 g/mol. The van der Waals surface area contributed by atoms with Crippen LogP contribution in [0.2, 0.25) is 0 Å². The van der Waals surface area contributed by atoms with Gasteiger partial charge in [0.2, 0.25) is 5.75 Å². The molecule has 2 N–H and O–H groups in total. The van der Waals surface area contributed by atoms with Crippen molar-refractivity contribution in [3.8, 4) is 23.0 Å². The minimum absolute atomic E-state index is 0.0913. The first-order valence-electron chi connectivity index (χ1n) is 7.44. The lowest BCUT2D eigenvalue weighted by atomic mass is 10.1. The molecule has 2 rings (SSSR count). The van der Waals surface area contributed by atoms with Gasteiger partial charge in [0.25, 0.3) is 5.91 Å². The van der Waals surface area contributed by atoms with E-state index in [9.17, 15) is 9.90 Å². The van der Waals surface area contributed by atoms with Gasteiger partial charge in [-0.2, -0.15) is 5.10 Å². The number of phenolic OH excluding ortho intramolecular Hbond substituents is 1. The smallest absolute Gasteiger partial charge is 0.271 e. The van der Waals surface area contributed by atoms with Gasteiger partial charge in [-0.3, -0.25) is 4.79 Å². The Labute approximate surface area is 145 Å². The summed E-state index contributed by atoms with van der Waals surface area (Å²) >= 11 is 0. The Bertz CT molecular complexity index is 760. The maximum atomic E-state index is 12.1. The van der Waals surface area contributed by atoms with Crippen molar-refractivity contribution in [2.75, 3.05) is 21.3 Å². The molecule has 1 amide bonds. The van der Waals surface area contributed by atoms with Gasteiger partial charge in [0.15, 0.2) is 11.5 Å². The van der Waals surface area contributed by atoms with Crippen molar-refractivity contribution in [3.63, 3.8) is 0 Å². The fourth-order valence-electron chi connectivity index (χ4n) is 2.17. The van der Waals surface area contributed by atoms with Crippen LogP contribution in [0.15, 0.2) is 41.5 Å². The summed E-state index contributed by atoms with van der Waals surface area (Å²) in [6.07, 6.45) is 0. The van der Waals surface area contributed by atoms with Crippen LogP contribution in [0.4, 0.5) is 0 Å². The maximum Gasteiger partial charge on any atom is 0.271 e. The van der Waals surface area contributed by atoms with Crippen LogP contribution in [0, 0.1) is 0 Å². The molecule has 0 radical (unpaired) electrons. The molecule has 0 aromatic heterocycles. The van der Waals surface area contributed by atoms with Crippen LogP contribution >= 0.6 is 0 Å². The first-order valence-corrected chi connectivity index (χ1v) is 7.44. The molecular formula is C18H20N2O5. The monoisotopic (exact) mass is 344 g/mol. The van der Waals surface area contributed by atoms with Crippen LogP contribution in [0.5, 0.6) is 23.0 Å². The number of methoxy groups -OCH3 is 3. The van der Waals surface area contributed by atoms with E-state index in [-0.39, 0.29) is 11.7 Å². The van der Waals surface area contributed by atoms with E-state index in [0.717, 1.165) is 0 Å². The number of carbonyl (C=O) groups is 1. The molecule has 0 aliphatic carbocycles. The minimum Gasteiger partial charge on any atom is -0.508 e. The predicted octanol–water partition coefficient (Wildman–Crippen LogP) is 2.57. The van der Waals surface area contributed by atoms with E-state index in [1.807, 2.05) is 0 Å². The van der Waals surface area contributed by atoms with Crippen molar-refractivity contribution in [1.82, 2.24) is 5.43 Å². The van der Waals surface area contributed by atoms with E-state index in [0.29, 0.717) is 34.1 Å². The second kappa shape index (κ2) is 8.05. The van der Waals surface area contributed by atoms with Crippen molar-refractivity contribution >= 4 is 11.6 Å². The number of rotatable bonds is 6. The van der Waals surface area contributed by atoms with Crippen LogP contribution < -0.4 is 19.6 Å². The fraction of sp³-hybridized carbons (Fsp3) is 0.222. The number of ether oxygens (including phenoxy) is 3. The molecule has 2 aromatic carbocycles. The summed E-state index contributed by atoms with van der Waals surface area (Å²) in [5.41, 5.74) is 4.13. The number of nitrogens with zero attached hydrogens (tertiary/aromatic N) is 1. The maximum absolute atomic E-state index is 12.1. The van der Waals surface area contributed by atoms with Crippen molar-refractivity contribution in [2.45, 2.75) is 6.92 Å². The number of benzene rings is 2. The van der Waals surface area contributed by atoms with Crippen LogP contribution in [-0.2, 0) is 0 Å². The summed E-state index contributed by atoms with van der Waals surface area (Å²) in [6, 6.07) is 9.37. The largest absolute Gasteiger partial charge is 0.508 e. The second-order valence-electron chi connectivity index (χ2n) is 5.10. The Morgan fingerprint density at radius 2 is 1.52 bits per heavy atom. The Morgan fingerprint density at radius 3 is 2.00 bits per heavy atom. The normalized spacial score (nSPS) is 11.0. The number of aromatic hydroxyl groups is 1. The second-order valence-corrected chi connectivity index (χ2v) is 5.10. The van der Waals surface area contributed by atoms with Crippen molar-refractivity contribution in [3.05, 3.63) is 47.5 Å². The Morgan fingerprint density at radius 1 is 0.960 bits per heavy atom. The third kappa shape index (κ3) is 4.20. The highest BCUT2D eigenvalue weighted by Gasteiger charge is 2.14. The summed E-state index contributed by atoms with van der Waals surface area (Å²) < 4.78 is 15.9. The summed E-state index contributed by atoms with van der Waals surface area (Å²) in [5.74, 6) is 1.18. The average molecular weight is 344 g/mol. The lowest BCUT2D eigenvalue weighted by Gasteiger charge is -2.14. The highest BCUT2D eigenvalue weighted by atomic mass is 16.5. The van der Waals surface area contributed by atoms with Crippen molar-refractivity contribution in [1.29, 1.82) is 0 Å². The zero-order chi connectivity index (χ0) is 18.4. The van der Waals surface area contributed by atoms with Gasteiger partial charge in [-0.05, 0) is 43.3 Å². The standard InChI is InChI=1S/C18H20N2O5/c1-11(19-20-18(22)12-5-7-14(21)8-6-12)13-9-15(23-2)17(25-4)16(10-13)24-3/h5-10,21H,1-4H3,(H,20,22)/b19-11+. The first-order chi connectivity index (χ1) is 12.0. The summed E-state index contributed by atoms with van der Waals surface area (Å²) in [6.45, 7) is 1.75. The predicted molar refractivity (Wildman–Crippen MR) is 93.9 cm³/mol. The van der Waals surface area contributed by atoms with Crippen LogP contribution in [-0.4, -0.2) is 38.1 Å². The molecule has 0 saturated heterocycles. The Kier molecular flexibility index (Phi) is 5.84. The van der Waals surface area contributed by atoms with Crippen LogP contribution in [0.25, 0.3) is 0 Å². The fourth-order valence-corrected chi connectivity index (χ4v) is 2.17. The van der Waals surface area contributed by atoms with Gasteiger partial charge in [0.1, 0.15) is 5.75 Å². The molecule has 0 fully saturated rings. The number of carbonyl (C=O) groups excluding carboxylic acids is 1. The highest BCUT2D eigenvalue weighted by molar-refractivity contribution is 6.01. The summed E-state index contributed by atoms with van der Waals surface area (Å²) in [7, 11) is 4.58. The van der Waals surface area contributed by atoms with Gasteiger partial charge in [0, 0.05) is 11.1 Å². The third-order valence-corrected chi connectivity index (χ3v) is 3.54. The summed E-state index contributed by atoms with van der Waals surface area (Å²) in [5, 5.41) is 13.4. The molecule has 132 valence electrons. The van der Waals surface area contributed by atoms with Crippen LogP contribution in [0.1, 0.15) is 22.8 Å². The Balaban J connectivity index is 2.24. The molecule has 0 bridgehead atoms. The molecule has 0 aliphatic heterocycles. The van der Waals surface area contributed by atoms with Gasteiger partial charge in [-0.1, -0.05) is 0 Å². The van der Waals surface area contributed by atoms with Gasteiger partial charge >= 0.3 is 0 Å². The number of amides is 1. The van der Waals surface area contributed by atoms with E-state index in [2.05, 4.69) is 10.5 Å². The summed E-state index contributed by atoms with van der Waals surface area (Å²) in [4.78, 5) is 12.1. The van der Waals surface area contributed by atoms with E-state index < -0.39 is 0 Å². The zero-order valence-electron chi connectivity index (χ0n) is 14.5. The topological polar surface area (TPSA) is 89.4 Å². The molecule has 0 unspecified atom stereocenters. The zero-order valence-corrected chi connectivity index (χ0v) is 14.5. The lowest BCUT2D eigenvalue weighted by Crippen LogP contribution is -2.19. The van der Waals surface area contributed by atoms with E-state index in [4.69, 9.17) is 14.2 Å². The average Bonchev–Trinajstić information content (AvgIpc) is 2.64. The molecule has 0 atom stereocenters. The molecule has 0 saturated carbocycles.